The number of benzene rings is 1. The lowest BCUT2D eigenvalue weighted by atomic mass is 9.88. The first kappa shape index (κ1) is 24.3. The highest BCUT2D eigenvalue weighted by atomic mass is 32.2. The van der Waals surface area contributed by atoms with Crippen molar-refractivity contribution in [2.24, 2.45) is 11.1 Å². The predicted molar refractivity (Wildman–Crippen MR) is 109 cm³/mol. The molecule has 178 valence electrons. The fourth-order valence-electron chi connectivity index (χ4n) is 4.35. The molecule has 0 spiro atoms. The van der Waals surface area contributed by atoms with E-state index < -0.39 is 28.2 Å². The van der Waals surface area contributed by atoms with E-state index in [9.17, 15) is 26.4 Å². The summed E-state index contributed by atoms with van der Waals surface area (Å²) in [5.74, 6) is 0.0675. The summed E-state index contributed by atoms with van der Waals surface area (Å²) in [6, 6.07) is 3.53. The van der Waals surface area contributed by atoms with E-state index in [1.54, 1.807) is 6.92 Å². The van der Waals surface area contributed by atoms with Crippen molar-refractivity contribution in [3.8, 4) is 5.75 Å². The molecule has 32 heavy (non-hydrogen) atoms. The average molecular weight is 478 g/mol. The van der Waals surface area contributed by atoms with Gasteiger partial charge in [-0.15, -0.1) is 13.2 Å². The minimum Gasteiger partial charge on any atom is -0.409 e. The zero-order valence-electron chi connectivity index (χ0n) is 17.6. The zero-order valence-corrected chi connectivity index (χ0v) is 18.4. The average Bonchev–Trinajstić information content (AvgIpc) is 2.72. The maximum absolute atomic E-state index is 13.3. The lowest BCUT2D eigenvalue weighted by Crippen LogP contribution is -2.48. The Bertz CT molecular complexity index is 950. The summed E-state index contributed by atoms with van der Waals surface area (Å²) in [6.45, 7) is 3.05. The molecule has 0 saturated carbocycles. The van der Waals surface area contributed by atoms with E-state index in [0.717, 1.165) is 43.7 Å². The minimum absolute atomic E-state index is 0.0175. The Hall–Kier alpha value is -2.34. The van der Waals surface area contributed by atoms with Gasteiger partial charge in [0.05, 0.1) is 4.90 Å². The minimum atomic E-state index is -4.87. The quantitative estimate of drug-likeness (QED) is 0.303. The molecule has 1 aromatic carbocycles. The van der Waals surface area contributed by atoms with Crippen LogP contribution in [0.4, 0.5) is 13.2 Å². The van der Waals surface area contributed by atoms with Crippen molar-refractivity contribution in [1.82, 2.24) is 9.21 Å². The van der Waals surface area contributed by atoms with Crippen LogP contribution in [-0.4, -0.2) is 66.5 Å². The number of rotatable bonds is 5. The molecular formula is C20H26F3N3O5S. The molecule has 2 aliphatic rings. The molecule has 0 bridgehead atoms. The van der Waals surface area contributed by atoms with E-state index in [2.05, 4.69) is 9.89 Å². The number of hydrogen-bond donors (Lipinski definition) is 1. The van der Waals surface area contributed by atoms with Crippen molar-refractivity contribution in [2.75, 3.05) is 19.6 Å². The molecule has 2 aliphatic heterocycles. The van der Waals surface area contributed by atoms with Crippen LogP contribution in [0, 0.1) is 5.92 Å². The van der Waals surface area contributed by atoms with Crippen LogP contribution >= 0.6 is 0 Å². The number of Topliss-reactive ketones (excluding diaryl/α,β-unsaturated/α-hetero) is 1. The molecule has 0 aliphatic carbocycles. The number of ether oxygens (including phenoxy) is 1. The standard InChI is InChI=1S/C20H26F3N3O5S/c1-14(24-28)25-9-2-3-15(13-25)11-16-12-17(27)8-10-26(16)32(29,30)19-6-4-18(5-7-19)31-20(21,22)23/h4-7,15-16,28H,2-3,8-13H2,1H3. The summed E-state index contributed by atoms with van der Waals surface area (Å²) in [7, 11) is -4.01. The molecule has 2 heterocycles. The fraction of sp³-hybridized carbons (Fsp3) is 0.600. The van der Waals surface area contributed by atoms with Gasteiger partial charge in [-0.1, -0.05) is 5.16 Å². The van der Waals surface area contributed by atoms with Crippen LogP contribution in [-0.2, 0) is 14.8 Å². The molecular weight excluding hydrogens is 451 g/mol. The molecule has 2 fully saturated rings. The zero-order chi connectivity index (χ0) is 23.5. The molecule has 3 rings (SSSR count). The van der Waals surface area contributed by atoms with Gasteiger partial charge in [-0.2, -0.15) is 4.31 Å². The Kier molecular flexibility index (Phi) is 7.33. The number of ketones is 1. The molecule has 0 amide bonds. The molecule has 1 aromatic rings. The van der Waals surface area contributed by atoms with Crippen LogP contribution < -0.4 is 4.74 Å². The molecule has 1 N–H and O–H groups in total. The highest BCUT2D eigenvalue weighted by molar-refractivity contribution is 7.89. The summed E-state index contributed by atoms with van der Waals surface area (Å²) >= 11 is 0. The van der Waals surface area contributed by atoms with Crippen molar-refractivity contribution in [2.45, 2.75) is 56.3 Å². The van der Waals surface area contributed by atoms with Crippen LogP contribution in [0.25, 0.3) is 0 Å². The third-order valence-corrected chi connectivity index (χ3v) is 7.84. The Labute approximate surface area is 184 Å². The number of carbonyl (C=O) groups is 1. The summed E-state index contributed by atoms with van der Waals surface area (Å²) in [4.78, 5) is 13.9. The smallest absolute Gasteiger partial charge is 0.409 e. The summed E-state index contributed by atoms with van der Waals surface area (Å²) in [6.07, 6.45) is -2.50. The van der Waals surface area contributed by atoms with Gasteiger partial charge in [0.1, 0.15) is 17.4 Å². The van der Waals surface area contributed by atoms with E-state index in [-0.39, 0.29) is 36.0 Å². The number of likely N-dealkylation sites (tertiary alicyclic amines) is 1. The number of oxime groups is 1. The van der Waals surface area contributed by atoms with E-state index in [1.807, 2.05) is 4.90 Å². The monoisotopic (exact) mass is 477 g/mol. The van der Waals surface area contributed by atoms with Crippen LogP contribution in [0.15, 0.2) is 34.3 Å². The third-order valence-electron chi connectivity index (χ3n) is 5.87. The Balaban J connectivity index is 1.77. The van der Waals surface area contributed by atoms with E-state index in [4.69, 9.17) is 5.21 Å². The number of piperidine rings is 2. The topological polar surface area (TPSA) is 99.5 Å². The highest BCUT2D eigenvalue weighted by Gasteiger charge is 2.38. The van der Waals surface area contributed by atoms with Crippen LogP contribution in [0.5, 0.6) is 5.75 Å². The molecule has 2 atom stereocenters. The van der Waals surface area contributed by atoms with E-state index in [0.29, 0.717) is 18.8 Å². The second-order valence-corrected chi connectivity index (χ2v) is 10.0. The maximum Gasteiger partial charge on any atom is 0.573 e. The number of sulfonamides is 1. The molecule has 12 heteroatoms. The van der Waals surface area contributed by atoms with E-state index >= 15 is 0 Å². The summed E-state index contributed by atoms with van der Waals surface area (Å²) in [5, 5.41) is 12.3. The van der Waals surface area contributed by atoms with Gasteiger partial charge >= 0.3 is 6.36 Å². The van der Waals surface area contributed by atoms with Gasteiger partial charge < -0.3 is 14.8 Å². The van der Waals surface area contributed by atoms with Gasteiger partial charge in [-0.25, -0.2) is 8.42 Å². The van der Waals surface area contributed by atoms with Gasteiger partial charge in [-0.3, -0.25) is 4.79 Å². The van der Waals surface area contributed by atoms with Crippen LogP contribution in [0.3, 0.4) is 0 Å². The number of halogens is 3. The fourth-order valence-corrected chi connectivity index (χ4v) is 5.99. The molecule has 8 nitrogen and oxygen atoms in total. The first-order chi connectivity index (χ1) is 15.0. The third kappa shape index (κ3) is 5.91. The second kappa shape index (κ2) is 9.65. The molecule has 0 aromatic heterocycles. The van der Waals surface area contributed by atoms with Gasteiger partial charge in [-0.05, 0) is 56.4 Å². The van der Waals surface area contributed by atoms with Crippen molar-refractivity contribution < 1.29 is 36.3 Å². The predicted octanol–water partition coefficient (Wildman–Crippen LogP) is 3.22. The largest absolute Gasteiger partial charge is 0.573 e. The normalized spacial score (nSPS) is 23.9. The maximum atomic E-state index is 13.3. The number of nitrogens with zero attached hydrogens (tertiary/aromatic N) is 3. The number of amidine groups is 1. The number of hydrogen-bond acceptors (Lipinski definition) is 6. The number of alkyl halides is 3. The summed E-state index contributed by atoms with van der Waals surface area (Å²) in [5.41, 5.74) is 0. The second-order valence-electron chi connectivity index (χ2n) is 8.12. The molecule has 2 saturated heterocycles. The molecule has 2 unspecified atom stereocenters. The SMILES string of the molecule is CC(=NO)N1CCCC(CC2CC(=O)CCN2S(=O)(=O)c2ccc(OC(F)(F)F)cc2)C1. The van der Waals surface area contributed by atoms with E-state index in [1.165, 1.54) is 4.31 Å². The van der Waals surface area contributed by atoms with Gasteiger partial charge in [0, 0.05) is 38.5 Å². The Morgan fingerprint density at radius 2 is 1.94 bits per heavy atom. The van der Waals surface area contributed by atoms with Crippen LogP contribution in [0.1, 0.15) is 39.0 Å². The first-order valence-electron chi connectivity index (χ1n) is 10.3. The van der Waals surface area contributed by atoms with Gasteiger partial charge in [0.15, 0.2) is 0 Å². The lowest BCUT2D eigenvalue weighted by Gasteiger charge is -2.39. The van der Waals surface area contributed by atoms with Gasteiger partial charge in [0.2, 0.25) is 10.0 Å². The van der Waals surface area contributed by atoms with Crippen molar-refractivity contribution >= 4 is 21.6 Å². The van der Waals surface area contributed by atoms with Gasteiger partial charge in [0.25, 0.3) is 0 Å². The van der Waals surface area contributed by atoms with Crippen molar-refractivity contribution in [3.63, 3.8) is 0 Å². The number of carbonyl (C=O) groups excluding carboxylic acids is 1. The van der Waals surface area contributed by atoms with Crippen LogP contribution in [0.2, 0.25) is 0 Å². The van der Waals surface area contributed by atoms with Crippen molar-refractivity contribution in [1.29, 1.82) is 0 Å². The first-order valence-corrected chi connectivity index (χ1v) is 11.8. The van der Waals surface area contributed by atoms with Crippen molar-refractivity contribution in [3.05, 3.63) is 24.3 Å². The highest BCUT2D eigenvalue weighted by Crippen LogP contribution is 2.32. The lowest BCUT2D eigenvalue weighted by molar-refractivity contribution is -0.274. The Morgan fingerprint density at radius 3 is 2.56 bits per heavy atom. The molecule has 0 radical (unpaired) electrons. The summed E-state index contributed by atoms with van der Waals surface area (Å²) < 4.78 is 68.7. The Morgan fingerprint density at radius 1 is 1.25 bits per heavy atom.